The molecule has 24 heavy (non-hydrogen) atoms. The lowest BCUT2D eigenvalue weighted by Gasteiger charge is -2.16. The van der Waals surface area contributed by atoms with Crippen LogP contribution in [0.4, 0.5) is 5.69 Å². The van der Waals surface area contributed by atoms with Crippen LogP contribution in [0.1, 0.15) is 23.5 Å². The van der Waals surface area contributed by atoms with Crippen molar-refractivity contribution in [2.75, 3.05) is 18.4 Å². The average Bonchev–Trinajstić information content (AvgIpc) is 2.93. The summed E-state index contributed by atoms with van der Waals surface area (Å²) in [6.45, 7) is 2.54. The fraction of sp³-hybridized carbons (Fsp3) is 0.263. The lowest BCUT2D eigenvalue weighted by atomic mass is 9.99. The molecule has 1 aliphatic heterocycles. The highest BCUT2D eigenvalue weighted by Crippen LogP contribution is 2.28. The van der Waals surface area contributed by atoms with Crippen molar-refractivity contribution in [1.82, 2.24) is 4.90 Å². The number of amides is 2. The lowest BCUT2D eigenvalue weighted by molar-refractivity contribution is -0.131. The standard InChI is InChI=1S/C19H19ClN2O2/c1-13-7-8-16(10-17(13)20)21-18(23)12-22-11-15(9-19(22)24)14-5-3-2-4-6-14/h2-8,10,15H,9,11-12H2,1H3,(H,21,23). The maximum absolute atomic E-state index is 12.2. The molecule has 1 N–H and O–H groups in total. The minimum Gasteiger partial charge on any atom is -0.333 e. The number of benzene rings is 2. The van der Waals surface area contributed by atoms with Gasteiger partial charge in [0.2, 0.25) is 11.8 Å². The number of carbonyl (C=O) groups is 2. The van der Waals surface area contributed by atoms with Crippen LogP contribution < -0.4 is 5.32 Å². The van der Waals surface area contributed by atoms with Gasteiger partial charge in [-0.25, -0.2) is 0 Å². The van der Waals surface area contributed by atoms with Crippen LogP contribution in [0, 0.1) is 6.92 Å². The molecule has 0 aromatic heterocycles. The number of hydrogen-bond donors (Lipinski definition) is 1. The number of halogens is 1. The molecule has 0 radical (unpaired) electrons. The highest BCUT2D eigenvalue weighted by atomic mass is 35.5. The zero-order valence-corrected chi connectivity index (χ0v) is 14.2. The van der Waals surface area contributed by atoms with Gasteiger partial charge in [-0.3, -0.25) is 9.59 Å². The Balaban J connectivity index is 1.60. The van der Waals surface area contributed by atoms with Crippen LogP contribution in [-0.2, 0) is 9.59 Å². The summed E-state index contributed by atoms with van der Waals surface area (Å²) >= 11 is 6.06. The van der Waals surface area contributed by atoms with Gasteiger partial charge < -0.3 is 10.2 Å². The Bertz CT molecular complexity index is 761. The Morgan fingerprint density at radius 1 is 1.25 bits per heavy atom. The summed E-state index contributed by atoms with van der Waals surface area (Å²) in [7, 11) is 0. The summed E-state index contributed by atoms with van der Waals surface area (Å²) in [4.78, 5) is 26.0. The molecule has 4 nitrogen and oxygen atoms in total. The van der Waals surface area contributed by atoms with Crippen LogP contribution in [0.15, 0.2) is 48.5 Å². The topological polar surface area (TPSA) is 49.4 Å². The molecule has 0 bridgehead atoms. The van der Waals surface area contributed by atoms with Crippen LogP contribution in [0.25, 0.3) is 0 Å². The van der Waals surface area contributed by atoms with Crippen molar-refractivity contribution < 1.29 is 9.59 Å². The number of hydrogen-bond acceptors (Lipinski definition) is 2. The zero-order valence-electron chi connectivity index (χ0n) is 13.5. The molecule has 1 saturated heterocycles. The Kier molecular flexibility index (Phi) is 4.86. The van der Waals surface area contributed by atoms with Crippen LogP contribution in [0.5, 0.6) is 0 Å². The number of likely N-dealkylation sites (tertiary alicyclic amines) is 1. The van der Waals surface area contributed by atoms with Crippen LogP contribution >= 0.6 is 11.6 Å². The average molecular weight is 343 g/mol. The molecule has 1 aliphatic rings. The van der Waals surface area contributed by atoms with Gasteiger partial charge in [0.15, 0.2) is 0 Å². The maximum atomic E-state index is 12.2. The Morgan fingerprint density at radius 2 is 2.00 bits per heavy atom. The summed E-state index contributed by atoms with van der Waals surface area (Å²) in [5.74, 6) is -0.0433. The molecule has 0 aliphatic carbocycles. The number of nitrogens with zero attached hydrogens (tertiary/aromatic N) is 1. The minimum atomic E-state index is -0.211. The van der Waals surface area contributed by atoms with Gasteiger partial charge in [0, 0.05) is 29.6 Å². The van der Waals surface area contributed by atoms with E-state index in [0.29, 0.717) is 23.7 Å². The van der Waals surface area contributed by atoms with E-state index in [1.807, 2.05) is 43.3 Å². The molecule has 3 rings (SSSR count). The van der Waals surface area contributed by atoms with E-state index in [0.717, 1.165) is 11.1 Å². The first-order valence-corrected chi connectivity index (χ1v) is 8.29. The van der Waals surface area contributed by atoms with Crippen molar-refractivity contribution in [2.24, 2.45) is 0 Å². The third-order valence-electron chi connectivity index (χ3n) is 4.28. The molecule has 5 heteroatoms. The van der Waals surface area contributed by atoms with E-state index in [2.05, 4.69) is 5.32 Å². The van der Waals surface area contributed by atoms with Crippen molar-refractivity contribution in [1.29, 1.82) is 0 Å². The van der Waals surface area contributed by atoms with E-state index >= 15 is 0 Å². The summed E-state index contributed by atoms with van der Waals surface area (Å²) in [6.07, 6.45) is 0.452. The van der Waals surface area contributed by atoms with Gasteiger partial charge >= 0.3 is 0 Å². The van der Waals surface area contributed by atoms with Crippen LogP contribution in [0.2, 0.25) is 5.02 Å². The first-order chi connectivity index (χ1) is 11.5. The summed E-state index contributed by atoms with van der Waals surface area (Å²) in [6, 6.07) is 15.3. The molecule has 2 aromatic rings. The second-order valence-electron chi connectivity index (χ2n) is 6.10. The van der Waals surface area contributed by atoms with Crippen LogP contribution in [-0.4, -0.2) is 29.8 Å². The monoisotopic (exact) mass is 342 g/mol. The van der Waals surface area contributed by atoms with Gasteiger partial charge in [-0.15, -0.1) is 0 Å². The number of rotatable bonds is 4. The number of aryl methyl sites for hydroxylation is 1. The van der Waals surface area contributed by atoms with E-state index in [4.69, 9.17) is 11.6 Å². The van der Waals surface area contributed by atoms with E-state index in [1.54, 1.807) is 17.0 Å². The second-order valence-corrected chi connectivity index (χ2v) is 6.51. The zero-order chi connectivity index (χ0) is 17.1. The molecule has 2 aromatic carbocycles. The van der Waals surface area contributed by atoms with Gasteiger partial charge in [0.05, 0.1) is 6.54 Å². The van der Waals surface area contributed by atoms with Crippen molar-refractivity contribution in [3.8, 4) is 0 Å². The van der Waals surface area contributed by atoms with Gasteiger partial charge in [0.25, 0.3) is 0 Å². The third-order valence-corrected chi connectivity index (χ3v) is 4.68. The first kappa shape index (κ1) is 16.5. The molecule has 1 heterocycles. The summed E-state index contributed by atoms with van der Waals surface area (Å²) < 4.78 is 0. The molecule has 1 fully saturated rings. The molecule has 2 amide bonds. The summed E-state index contributed by atoms with van der Waals surface area (Å²) in [5, 5.41) is 3.40. The lowest BCUT2D eigenvalue weighted by Crippen LogP contribution is -2.34. The van der Waals surface area contributed by atoms with Gasteiger partial charge in [0.1, 0.15) is 0 Å². The number of anilines is 1. The van der Waals surface area contributed by atoms with E-state index in [-0.39, 0.29) is 24.3 Å². The highest BCUT2D eigenvalue weighted by molar-refractivity contribution is 6.31. The fourth-order valence-electron chi connectivity index (χ4n) is 2.92. The smallest absolute Gasteiger partial charge is 0.243 e. The minimum absolute atomic E-state index is 0.0148. The first-order valence-electron chi connectivity index (χ1n) is 7.91. The number of carbonyl (C=O) groups excluding carboxylic acids is 2. The predicted molar refractivity (Wildman–Crippen MR) is 95.2 cm³/mol. The van der Waals surface area contributed by atoms with E-state index in [1.165, 1.54) is 0 Å². The van der Waals surface area contributed by atoms with Crippen molar-refractivity contribution in [3.05, 3.63) is 64.7 Å². The molecular formula is C19H19ClN2O2. The predicted octanol–water partition coefficient (Wildman–Crippen LogP) is 3.60. The van der Waals surface area contributed by atoms with Crippen molar-refractivity contribution in [2.45, 2.75) is 19.3 Å². The molecule has 0 saturated carbocycles. The maximum Gasteiger partial charge on any atom is 0.243 e. The van der Waals surface area contributed by atoms with E-state index < -0.39 is 0 Å². The summed E-state index contributed by atoms with van der Waals surface area (Å²) in [5.41, 5.74) is 2.73. The van der Waals surface area contributed by atoms with Gasteiger partial charge in [-0.05, 0) is 30.2 Å². The van der Waals surface area contributed by atoms with Gasteiger partial charge in [-0.2, -0.15) is 0 Å². The van der Waals surface area contributed by atoms with Crippen molar-refractivity contribution >= 4 is 29.1 Å². The quantitative estimate of drug-likeness (QED) is 0.922. The number of nitrogens with one attached hydrogen (secondary N) is 1. The molecule has 1 unspecified atom stereocenters. The Labute approximate surface area is 146 Å². The highest BCUT2D eigenvalue weighted by Gasteiger charge is 2.31. The fourth-order valence-corrected chi connectivity index (χ4v) is 3.10. The molecular weight excluding hydrogens is 324 g/mol. The Hall–Kier alpha value is -2.33. The third kappa shape index (κ3) is 3.77. The van der Waals surface area contributed by atoms with Crippen molar-refractivity contribution in [3.63, 3.8) is 0 Å². The molecule has 124 valence electrons. The van der Waals surface area contributed by atoms with Gasteiger partial charge in [-0.1, -0.05) is 48.0 Å². The Morgan fingerprint density at radius 3 is 2.71 bits per heavy atom. The second kappa shape index (κ2) is 7.05. The normalized spacial score (nSPS) is 17.2. The molecule has 0 spiro atoms. The van der Waals surface area contributed by atoms with E-state index in [9.17, 15) is 9.59 Å². The molecule has 1 atom stereocenters. The van der Waals surface area contributed by atoms with Crippen LogP contribution in [0.3, 0.4) is 0 Å². The SMILES string of the molecule is Cc1ccc(NC(=O)CN2CC(c3ccccc3)CC2=O)cc1Cl. The largest absolute Gasteiger partial charge is 0.333 e.